The highest BCUT2D eigenvalue weighted by atomic mass is 32.2. The maximum atomic E-state index is 12.1. The molecule has 1 rings (SSSR count). The smallest absolute Gasteiger partial charge is 0.361 e. The molecule has 0 saturated heterocycles. The third kappa shape index (κ3) is 6.80. The second kappa shape index (κ2) is 7.11. The molecular weight excluding hydrogens is 309 g/mol. The van der Waals surface area contributed by atoms with Crippen LogP contribution in [0.5, 0.6) is 0 Å². The molecule has 1 aromatic carbocycles. The summed E-state index contributed by atoms with van der Waals surface area (Å²) < 4.78 is 36.2. The van der Waals surface area contributed by atoms with E-state index in [1.54, 1.807) is 0 Å². The number of nitrogens with two attached hydrogens (primary N) is 1. The molecule has 0 aromatic heterocycles. The molecule has 0 aliphatic carbocycles. The molecule has 0 spiro atoms. The monoisotopic (exact) mass is 320 g/mol. The minimum absolute atomic E-state index is 0.100. The summed E-state index contributed by atoms with van der Waals surface area (Å²) in [7, 11) is 0. The Hall–Kier alpha value is -2.03. The van der Waals surface area contributed by atoms with Gasteiger partial charge < -0.3 is 11.1 Å². The van der Waals surface area contributed by atoms with Gasteiger partial charge in [-0.1, -0.05) is 11.8 Å². The van der Waals surface area contributed by atoms with Crippen molar-refractivity contribution < 1.29 is 27.6 Å². The van der Waals surface area contributed by atoms with E-state index in [0.717, 1.165) is 0 Å². The van der Waals surface area contributed by atoms with E-state index < -0.39 is 29.5 Å². The van der Waals surface area contributed by atoms with Gasteiger partial charge in [0.2, 0.25) is 5.91 Å². The minimum atomic E-state index is -4.56. The minimum Gasteiger partial charge on any atom is -0.361 e. The first-order valence-electron chi connectivity index (χ1n) is 5.59. The number of primary amides is 1. The molecule has 0 radical (unpaired) electrons. The first-order valence-corrected chi connectivity index (χ1v) is 6.58. The van der Waals surface area contributed by atoms with Crippen molar-refractivity contribution in [3.63, 3.8) is 0 Å². The average molecular weight is 320 g/mol. The Morgan fingerprint density at radius 1 is 1.14 bits per heavy atom. The van der Waals surface area contributed by atoms with E-state index in [2.05, 4.69) is 5.32 Å². The number of anilines is 1. The Morgan fingerprint density at radius 3 is 2.19 bits per heavy atom. The Morgan fingerprint density at radius 2 is 1.71 bits per heavy atom. The number of carbonyl (C=O) groups is 3. The molecule has 0 aliphatic rings. The van der Waals surface area contributed by atoms with Gasteiger partial charge in [-0.15, -0.1) is 0 Å². The number of amides is 2. The van der Waals surface area contributed by atoms with Crippen molar-refractivity contribution >= 4 is 34.4 Å². The van der Waals surface area contributed by atoms with E-state index >= 15 is 0 Å². The molecule has 0 unspecified atom stereocenters. The summed E-state index contributed by atoms with van der Waals surface area (Å²) in [6.07, 6.45) is -6.09. The second-order valence-electron chi connectivity index (χ2n) is 3.95. The molecule has 1 aromatic rings. The molecule has 114 valence electrons. The van der Waals surface area contributed by atoms with Crippen molar-refractivity contribution in [2.24, 2.45) is 5.73 Å². The molecule has 2 amide bonds. The zero-order valence-electron chi connectivity index (χ0n) is 10.6. The van der Waals surface area contributed by atoms with E-state index in [0.29, 0.717) is 17.4 Å². The number of hydrogen-bond acceptors (Lipinski definition) is 4. The van der Waals surface area contributed by atoms with Gasteiger partial charge in [0, 0.05) is 11.3 Å². The molecule has 0 bridgehead atoms. The average Bonchev–Trinajstić information content (AvgIpc) is 2.35. The first-order chi connectivity index (χ1) is 9.67. The Balaban J connectivity index is 2.60. The van der Waals surface area contributed by atoms with Crippen LogP contribution in [0.4, 0.5) is 23.7 Å². The quantitative estimate of drug-likeness (QED) is 0.816. The van der Waals surface area contributed by atoms with Gasteiger partial charge in [0.15, 0.2) is 5.78 Å². The van der Waals surface area contributed by atoms with Crippen LogP contribution in [0.1, 0.15) is 16.8 Å². The van der Waals surface area contributed by atoms with E-state index in [1.807, 2.05) is 0 Å². The summed E-state index contributed by atoms with van der Waals surface area (Å²) in [5.41, 5.74) is 5.05. The second-order valence-corrected chi connectivity index (χ2v) is 4.93. The highest BCUT2D eigenvalue weighted by Crippen LogP contribution is 2.22. The number of hydrogen-bond donors (Lipinski definition) is 2. The van der Waals surface area contributed by atoms with Crippen molar-refractivity contribution in [1.29, 1.82) is 0 Å². The van der Waals surface area contributed by atoms with Crippen molar-refractivity contribution in [3.8, 4) is 0 Å². The Bertz CT molecular complexity index is 544. The topological polar surface area (TPSA) is 89.3 Å². The maximum absolute atomic E-state index is 12.1. The lowest BCUT2D eigenvalue weighted by Crippen LogP contribution is -2.17. The zero-order chi connectivity index (χ0) is 16.0. The SMILES string of the molecule is NC(=O)SCC(=O)Nc1ccc(C(=O)CC(F)(F)F)cc1. The van der Waals surface area contributed by atoms with Crippen molar-refractivity contribution in [1.82, 2.24) is 0 Å². The van der Waals surface area contributed by atoms with Crippen LogP contribution in [0.25, 0.3) is 0 Å². The summed E-state index contributed by atoms with van der Waals surface area (Å²) in [4.78, 5) is 33.1. The van der Waals surface area contributed by atoms with E-state index in [-0.39, 0.29) is 11.3 Å². The lowest BCUT2D eigenvalue weighted by atomic mass is 10.1. The molecule has 0 heterocycles. The summed E-state index contributed by atoms with van der Waals surface area (Å²) in [5.74, 6) is -1.72. The number of ketones is 1. The number of rotatable bonds is 5. The predicted octanol–water partition coefficient (Wildman–Crippen LogP) is 2.57. The standard InChI is InChI=1S/C12H11F3N2O3S/c13-12(14,15)5-9(18)7-1-3-8(4-2-7)17-10(19)6-21-11(16)20/h1-4H,5-6H2,(H2,16,20)(H,17,19). The summed E-state index contributed by atoms with van der Waals surface area (Å²) in [6.45, 7) is 0. The molecular formula is C12H11F3N2O3S. The van der Waals surface area contributed by atoms with Crippen LogP contribution >= 0.6 is 11.8 Å². The molecule has 3 N–H and O–H groups in total. The largest absolute Gasteiger partial charge is 0.396 e. The van der Waals surface area contributed by atoms with E-state index in [4.69, 9.17) is 5.73 Å². The van der Waals surface area contributed by atoms with Crippen molar-refractivity contribution in [3.05, 3.63) is 29.8 Å². The van der Waals surface area contributed by atoms with Crippen LogP contribution in [0, 0.1) is 0 Å². The van der Waals surface area contributed by atoms with Crippen molar-refractivity contribution in [2.45, 2.75) is 12.6 Å². The maximum Gasteiger partial charge on any atom is 0.396 e. The lowest BCUT2D eigenvalue weighted by Gasteiger charge is -2.07. The van der Waals surface area contributed by atoms with Gasteiger partial charge in [-0.05, 0) is 24.3 Å². The zero-order valence-corrected chi connectivity index (χ0v) is 11.4. The number of benzene rings is 1. The number of Topliss-reactive ketones (excluding diaryl/α,β-unsaturated/α-hetero) is 1. The van der Waals surface area contributed by atoms with E-state index in [9.17, 15) is 27.6 Å². The van der Waals surface area contributed by atoms with Gasteiger partial charge in [0.05, 0.1) is 5.75 Å². The highest BCUT2D eigenvalue weighted by Gasteiger charge is 2.31. The van der Waals surface area contributed by atoms with Gasteiger partial charge in [0.1, 0.15) is 6.42 Å². The van der Waals surface area contributed by atoms with Gasteiger partial charge in [-0.2, -0.15) is 13.2 Å². The molecule has 0 saturated carbocycles. The van der Waals surface area contributed by atoms with Crippen LogP contribution in [-0.2, 0) is 4.79 Å². The number of halogens is 3. The number of thioether (sulfide) groups is 1. The molecule has 0 aliphatic heterocycles. The van der Waals surface area contributed by atoms with Gasteiger partial charge >= 0.3 is 6.18 Å². The fourth-order valence-corrected chi connectivity index (χ4v) is 1.70. The summed E-state index contributed by atoms with van der Waals surface area (Å²) in [6, 6.07) is 4.97. The van der Waals surface area contributed by atoms with Crippen LogP contribution in [0.2, 0.25) is 0 Å². The lowest BCUT2D eigenvalue weighted by molar-refractivity contribution is -0.125. The van der Waals surface area contributed by atoms with Crippen molar-refractivity contribution in [2.75, 3.05) is 11.1 Å². The highest BCUT2D eigenvalue weighted by molar-refractivity contribution is 8.14. The number of carbonyl (C=O) groups excluding carboxylic acids is 3. The molecule has 0 atom stereocenters. The van der Waals surface area contributed by atoms with E-state index in [1.165, 1.54) is 24.3 Å². The fourth-order valence-electron chi connectivity index (χ4n) is 1.36. The number of alkyl halides is 3. The molecule has 21 heavy (non-hydrogen) atoms. The van der Waals surface area contributed by atoms with Crippen LogP contribution < -0.4 is 11.1 Å². The Labute approximate surface area is 122 Å². The normalized spacial score (nSPS) is 11.0. The third-order valence-electron chi connectivity index (χ3n) is 2.20. The van der Waals surface area contributed by atoms with Crippen LogP contribution in [0.3, 0.4) is 0 Å². The van der Waals surface area contributed by atoms with Crippen LogP contribution in [0.15, 0.2) is 24.3 Å². The van der Waals surface area contributed by atoms with Crippen LogP contribution in [-0.4, -0.2) is 28.9 Å². The van der Waals surface area contributed by atoms with Gasteiger partial charge in [-0.3, -0.25) is 14.4 Å². The fraction of sp³-hybridized carbons (Fsp3) is 0.250. The third-order valence-corrected chi connectivity index (χ3v) is 2.89. The van der Waals surface area contributed by atoms with Gasteiger partial charge in [0.25, 0.3) is 5.24 Å². The Kier molecular flexibility index (Phi) is 5.77. The summed E-state index contributed by atoms with van der Waals surface area (Å²) >= 11 is 0.621. The number of nitrogens with one attached hydrogen (secondary N) is 1. The molecule has 5 nitrogen and oxygen atoms in total. The molecule has 9 heteroatoms. The predicted molar refractivity (Wildman–Crippen MR) is 72.1 cm³/mol. The summed E-state index contributed by atoms with van der Waals surface area (Å²) in [5, 5.41) is 1.71. The molecule has 0 fully saturated rings. The van der Waals surface area contributed by atoms with Gasteiger partial charge in [-0.25, -0.2) is 0 Å². The first kappa shape index (κ1) is 17.0.